The molecule has 1 aromatic rings. The highest BCUT2D eigenvalue weighted by molar-refractivity contribution is 7.09. The van der Waals surface area contributed by atoms with Crippen molar-refractivity contribution in [3.05, 3.63) is 22.4 Å². The number of nitrogens with zero attached hydrogens (tertiary/aromatic N) is 3. The fraction of sp³-hybridized carbons (Fsp3) is 0.722. The van der Waals surface area contributed by atoms with Gasteiger partial charge in [0, 0.05) is 38.1 Å². The van der Waals surface area contributed by atoms with Crippen LogP contribution in [0.2, 0.25) is 0 Å². The first kappa shape index (κ1) is 18.3. The van der Waals surface area contributed by atoms with Crippen molar-refractivity contribution in [2.45, 2.75) is 33.1 Å². The molecule has 2 rings (SSSR count). The number of nitrogens with one attached hydrogen (secondary N) is 1. The quantitative estimate of drug-likeness (QED) is 0.613. The first-order valence-electron chi connectivity index (χ1n) is 8.97. The molecule has 1 saturated heterocycles. The molecule has 23 heavy (non-hydrogen) atoms. The van der Waals surface area contributed by atoms with Gasteiger partial charge in [-0.2, -0.15) is 0 Å². The third kappa shape index (κ3) is 6.15. The fourth-order valence-corrected chi connectivity index (χ4v) is 3.81. The summed E-state index contributed by atoms with van der Waals surface area (Å²) in [5.41, 5.74) is 0. The molecule has 1 fully saturated rings. The van der Waals surface area contributed by atoms with Gasteiger partial charge in [-0.05, 0) is 56.6 Å². The summed E-state index contributed by atoms with van der Waals surface area (Å²) < 4.78 is 0. The largest absolute Gasteiger partial charge is 0.357 e. The fourth-order valence-electron chi connectivity index (χ4n) is 3.11. The Morgan fingerprint density at radius 3 is 3.04 bits per heavy atom. The maximum atomic E-state index is 4.91. The van der Waals surface area contributed by atoms with E-state index in [0.717, 1.165) is 32.0 Å². The molecule has 1 aliphatic rings. The lowest BCUT2D eigenvalue weighted by Gasteiger charge is -2.31. The van der Waals surface area contributed by atoms with E-state index in [1.54, 1.807) is 0 Å². The highest BCUT2D eigenvalue weighted by Gasteiger charge is 2.18. The molecule has 1 unspecified atom stereocenters. The Balaban J connectivity index is 1.85. The standard InChI is InChI=1S/C18H32N4S/c1-4-19-18(21(3)12-10-17-9-7-13-23-17)20-14-16-8-6-11-22(5-2)15-16/h7,9,13,16H,4-6,8,10-12,14-15H2,1-3H3,(H,19,20). The topological polar surface area (TPSA) is 30.9 Å². The molecular weight excluding hydrogens is 304 g/mol. The van der Waals surface area contributed by atoms with Crippen LogP contribution < -0.4 is 5.32 Å². The summed E-state index contributed by atoms with van der Waals surface area (Å²) in [5.74, 6) is 1.76. The van der Waals surface area contributed by atoms with Crippen molar-refractivity contribution in [3.63, 3.8) is 0 Å². The van der Waals surface area contributed by atoms with Crippen LogP contribution >= 0.6 is 11.3 Å². The van der Waals surface area contributed by atoms with Crippen molar-refractivity contribution in [2.75, 3.05) is 46.3 Å². The molecule has 1 aliphatic heterocycles. The number of aliphatic imine (C=N–C) groups is 1. The molecule has 0 bridgehead atoms. The van der Waals surface area contributed by atoms with Crippen molar-refractivity contribution in [1.82, 2.24) is 15.1 Å². The average Bonchev–Trinajstić information content (AvgIpc) is 3.10. The number of hydrogen-bond donors (Lipinski definition) is 1. The van der Waals surface area contributed by atoms with Crippen molar-refractivity contribution in [3.8, 4) is 0 Å². The van der Waals surface area contributed by atoms with E-state index in [4.69, 9.17) is 4.99 Å². The van der Waals surface area contributed by atoms with Crippen LogP contribution in [0.3, 0.4) is 0 Å². The van der Waals surface area contributed by atoms with E-state index in [9.17, 15) is 0 Å². The van der Waals surface area contributed by atoms with E-state index in [2.05, 4.69) is 53.5 Å². The maximum absolute atomic E-state index is 4.91. The van der Waals surface area contributed by atoms with Gasteiger partial charge in [0.1, 0.15) is 0 Å². The van der Waals surface area contributed by atoms with Gasteiger partial charge in [-0.1, -0.05) is 13.0 Å². The Morgan fingerprint density at radius 1 is 1.48 bits per heavy atom. The van der Waals surface area contributed by atoms with Gasteiger partial charge in [0.15, 0.2) is 5.96 Å². The Kier molecular flexibility index (Phi) is 7.89. The summed E-state index contributed by atoms with van der Waals surface area (Å²) in [6, 6.07) is 4.34. The van der Waals surface area contributed by atoms with E-state index >= 15 is 0 Å². The van der Waals surface area contributed by atoms with Crippen molar-refractivity contribution >= 4 is 17.3 Å². The third-order valence-corrected chi connectivity index (χ3v) is 5.46. The molecule has 5 heteroatoms. The monoisotopic (exact) mass is 336 g/mol. The summed E-state index contributed by atoms with van der Waals surface area (Å²) in [4.78, 5) is 11.2. The molecule has 0 aliphatic carbocycles. The minimum atomic E-state index is 0.711. The van der Waals surface area contributed by atoms with Crippen LogP contribution in [-0.4, -0.2) is 62.1 Å². The number of hydrogen-bond acceptors (Lipinski definition) is 3. The van der Waals surface area contributed by atoms with Crippen molar-refractivity contribution in [1.29, 1.82) is 0 Å². The summed E-state index contributed by atoms with van der Waals surface area (Å²) in [5, 5.41) is 5.59. The Hall–Kier alpha value is -1.07. The van der Waals surface area contributed by atoms with Crippen LogP contribution in [0.5, 0.6) is 0 Å². The summed E-state index contributed by atoms with van der Waals surface area (Å²) in [6.45, 7) is 10.9. The van der Waals surface area contributed by atoms with Crippen LogP contribution in [-0.2, 0) is 6.42 Å². The minimum absolute atomic E-state index is 0.711. The Bertz CT molecular complexity index is 458. The molecule has 0 radical (unpaired) electrons. The van der Waals surface area contributed by atoms with E-state index in [1.165, 1.54) is 37.4 Å². The predicted molar refractivity (Wildman–Crippen MR) is 101 cm³/mol. The average molecular weight is 337 g/mol. The number of guanidine groups is 1. The molecule has 1 aromatic heterocycles. The molecule has 2 heterocycles. The molecule has 0 spiro atoms. The molecule has 1 N–H and O–H groups in total. The van der Waals surface area contributed by atoms with Crippen LogP contribution in [0, 0.1) is 5.92 Å². The first-order valence-corrected chi connectivity index (χ1v) is 9.85. The highest BCUT2D eigenvalue weighted by atomic mass is 32.1. The normalized spacial score (nSPS) is 19.8. The van der Waals surface area contributed by atoms with Crippen LogP contribution in [0.25, 0.3) is 0 Å². The summed E-state index contributed by atoms with van der Waals surface area (Å²) >= 11 is 1.84. The first-order chi connectivity index (χ1) is 11.2. The van der Waals surface area contributed by atoms with Crippen molar-refractivity contribution < 1.29 is 0 Å². The predicted octanol–water partition coefficient (Wildman–Crippen LogP) is 2.92. The van der Waals surface area contributed by atoms with E-state index in [-0.39, 0.29) is 0 Å². The third-order valence-electron chi connectivity index (χ3n) is 4.52. The zero-order chi connectivity index (χ0) is 16.5. The Morgan fingerprint density at radius 2 is 2.35 bits per heavy atom. The SMILES string of the molecule is CCNC(=NCC1CCCN(CC)C1)N(C)CCc1cccs1. The second-order valence-electron chi connectivity index (χ2n) is 6.35. The van der Waals surface area contributed by atoms with Crippen LogP contribution in [0.1, 0.15) is 31.6 Å². The second-order valence-corrected chi connectivity index (χ2v) is 7.38. The zero-order valence-electron chi connectivity index (χ0n) is 14.9. The lowest BCUT2D eigenvalue weighted by atomic mass is 9.98. The van der Waals surface area contributed by atoms with Crippen molar-refractivity contribution in [2.24, 2.45) is 10.9 Å². The molecule has 130 valence electrons. The van der Waals surface area contributed by atoms with Crippen LogP contribution in [0.4, 0.5) is 0 Å². The molecular formula is C18H32N4S. The van der Waals surface area contributed by atoms with Gasteiger partial charge in [0.2, 0.25) is 0 Å². The molecule has 0 aromatic carbocycles. The molecule has 0 amide bonds. The van der Waals surface area contributed by atoms with Gasteiger partial charge in [-0.15, -0.1) is 11.3 Å². The van der Waals surface area contributed by atoms with E-state index < -0.39 is 0 Å². The minimum Gasteiger partial charge on any atom is -0.357 e. The number of thiophene rings is 1. The number of likely N-dealkylation sites (N-methyl/N-ethyl adjacent to an activating group) is 1. The van der Waals surface area contributed by atoms with Gasteiger partial charge >= 0.3 is 0 Å². The van der Waals surface area contributed by atoms with Gasteiger partial charge in [-0.3, -0.25) is 4.99 Å². The number of piperidine rings is 1. The molecule has 4 nitrogen and oxygen atoms in total. The molecule has 1 atom stereocenters. The zero-order valence-corrected chi connectivity index (χ0v) is 15.7. The molecule has 0 saturated carbocycles. The number of likely N-dealkylation sites (tertiary alicyclic amines) is 1. The lowest BCUT2D eigenvalue weighted by molar-refractivity contribution is 0.186. The Labute approximate surface area is 145 Å². The van der Waals surface area contributed by atoms with Gasteiger partial charge in [-0.25, -0.2) is 0 Å². The number of rotatable bonds is 7. The van der Waals surface area contributed by atoms with Gasteiger partial charge in [0.25, 0.3) is 0 Å². The summed E-state index contributed by atoms with van der Waals surface area (Å²) in [7, 11) is 2.15. The maximum Gasteiger partial charge on any atom is 0.193 e. The summed E-state index contributed by atoms with van der Waals surface area (Å²) in [6.07, 6.45) is 3.72. The lowest BCUT2D eigenvalue weighted by Crippen LogP contribution is -2.41. The highest BCUT2D eigenvalue weighted by Crippen LogP contribution is 2.16. The second kappa shape index (κ2) is 9.93. The van der Waals surface area contributed by atoms with Crippen LogP contribution in [0.15, 0.2) is 22.5 Å². The van der Waals surface area contributed by atoms with Gasteiger partial charge < -0.3 is 15.1 Å². The van der Waals surface area contributed by atoms with E-state index in [1.807, 2.05) is 11.3 Å². The smallest absolute Gasteiger partial charge is 0.193 e. The van der Waals surface area contributed by atoms with Gasteiger partial charge in [0.05, 0.1) is 0 Å². The van der Waals surface area contributed by atoms with E-state index in [0.29, 0.717) is 5.92 Å².